The van der Waals surface area contributed by atoms with Gasteiger partial charge in [0.25, 0.3) is 0 Å². The topological polar surface area (TPSA) is 97.3 Å². The fraction of sp³-hybridized carbons (Fsp3) is 0. The van der Waals surface area contributed by atoms with Crippen LogP contribution in [0.25, 0.3) is 0 Å². The van der Waals surface area contributed by atoms with Crippen LogP contribution in [0.15, 0.2) is 0 Å². The number of carboxylic acid groups (broad SMARTS) is 2. The third-order valence-corrected chi connectivity index (χ3v) is 0.167. The standard InChI is InChI=1S/C2H2O4.2Mg.O/c3-1(4)2(5)6;;;/h(H,3,4)(H,5,6);;;/q;;+2;/p-2. The van der Waals surface area contributed by atoms with Crippen LogP contribution in [0.4, 0.5) is 0 Å². The molecule has 9 heavy (non-hydrogen) atoms. The van der Waals surface area contributed by atoms with Gasteiger partial charge in [0.05, 0.1) is 11.9 Å². The Kier molecular flexibility index (Phi) is 19.9. The fourth-order valence-corrected chi connectivity index (χ4v) is 0. The minimum absolute atomic E-state index is 0. The number of rotatable bonds is 0. The summed E-state index contributed by atoms with van der Waals surface area (Å²) in [4.78, 5) is 17.9. The van der Waals surface area contributed by atoms with E-state index in [4.69, 9.17) is 23.0 Å². The van der Waals surface area contributed by atoms with Crippen LogP contribution in [0.2, 0.25) is 0 Å². The van der Waals surface area contributed by atoms with E-state index in [1.54, 1.807) is 0 Å². The molecule has 5 nitrogen and oxygen atoms in total. The average Bonchev–Trinajstić information content (AvgIpc) is 1.72. The molecule has 0 amide bonds. The van der Waals surface area contributed by atoms with Gasteiger partial charge in [-0.25, -0.2) is 0 Å². The van der Waals surface area contributed by atoms with Gasteiger partial charge in [-0.15, -0.1) is 0 Å². The Morgan fingerprint density at radius 3 is 1.11 bits per heavy atom. The van der Waals surface area contributed by atoms with Gasteiger partial charge in [-0.3, -0.25) is 0 Å². The van der Waals surface area contributed by atoms with Crippen LogP contribution < -0.4 is 10.2 Å². The first kappa shape index (κ1) is 16.1. The molecule has 0 atom stereocenters. The molecule has 0 saturated carbocycles. The third kappa shape index (κ3) is 17.8. The first-order valence-electron chi connectivity index (χ1n) is 1.36. The number of carbonyl (C=O) groups excluding carboxylic acids is 2. The van der Waals surface area contributed by atoms with Gasteiger partial charge in [0.1, 0.15) is 0 Å². The van der Waals surface area contributed by atoms with Gasteiger partial charge in [-0.2, -0.15) is 0 Å². The predicted molar refractivity (Wildman–Crippen MR) is 22.2 cm³/mol. The summed E-state index contributed by atoms with van der Waals surface area (Å²) in [5, 5.41) is 17.9. The molecular weight excluding hydrogens is 153 g/mol. The molecule has 0 aromatic rings. The molecule has 0 aliphatic heterocycles. The van der Waals surface area contributed by atoms with Gasteiger partial charge in [0.15, 0.2) is 0 Å². The summed E-state index contributed by atoms with van der Waals surface area (Å²) in [6.45, 7) is 0. The zero-order valence-electron chi connectivity index (χ0n) is 4.46. The molecule has 42 valence electrons. The van der Waals surface area contributed by atoms with Gasteiger partial charge in [0.2, 0.25) is 0 Å². The average molecular weight is 153 g/mol. The maximum absolute atomic E-state index is 8.93. The number of carboxylic acids is 2. The first-order chi connectivity index (χ1) is 3.64. The Labute approximate surface area is 79.4 Å². The molecule has 0 saturated heterocycles. The molecule has 7 heteroatoms. The van der Waals surface area contributed by atoms with Crippen molar-refractivity contribution in [2.75, 3.05) is 0 Å². The molecule has 0 heterocycles. The number of carbonyl (C=O) groups is 2. The van der Waals surface area contributed by atoms with Crippen molar-refractivity contribution in [3.8, 4) is 0 Å². The summed E-state index contributed by atoms with van der Waals surface area (Å²) in [5.74, 6) is -4.37. The molecule has 0 unspecified atom stereocenters. The predicted octanol–water partition coefficient (Wildman–Crippen LogP) is -4.39. The SMILES string of the molecule is O=C([O-])C(=O)[O-].[Mg+2].[O]=[Mg]. The van der Waals surface area contributed by atoms with E-state index in [1.807, 2.05) is 0 Å². The molecular formula is C2Mg2O5. The quantitative estimate of drug-likeness (QED) is 0.258. The zero-order chi connectivity index (χ0) is 7.15. The number of aliphatic carboxylic acids is 2. The van der Waals surface area contributed by atoms with E-state index in [0.29, 0.717) is 21.7 Å². The van der Waals surface area contributed by atoms with Crippen LogP contribution in [-0.2, 0) is 12.8 Å². The van der Waals surface area contributed by atoms with E-state index in [2.05, 4.69) is 0 Å². The van der Waals surface area contributed by atoms with Crippen molar-refractivity contribution in [3.05, 3.63) is 0 Å². The van der Waals surface area contributed by atoms with Crippen LogP contribution in [0.1, 0.15) is 0 Å². The van der Waals surface area contributed by atoms with Crippen molar-refractivity contribution in [1.82, 2.24) is 0 Å². The summed E-state index contributed by atoms with van der Waals surface area (Å²) in [7, 11) is 0. The molecule has 0 radical (unpaired) electrons. The van der Waals surface area contributed by atoms with Crippen molar-refractivity contribution in [2.24, 2.45) is 0 Å². The van der Waals surface area contributed by atoms with E-state index in [0.717, 1.165) is 0 Å². The van der Waals surface area contributed by atoms with E-state index in [1.165, 1.54) is 0 Å². The van der Waals surface area contributed by atoms with Crippen molar-refractivity contribution in [2.45, 2.75) is 0 Å². The van der Waals surface area contributed by atoms with Crippen molar-refractivity contribution in [3.63, 3.8) is 0 Å². The van der Waals surface area contributed by atoms with Crippen LogP contribution in [-0.4, -0.2) is 56.7 Å². The summed E-state index contributed by atoms with van der Waals surface area (Å²) in [5.41, 5.74) is 0. The Bertz CT molecular complexity index is 89.1. The fourth-order valence-electron chi connectivity index (χ4n) is 0. The van der Waals surface area contributed by atoms with Gasteiger partial charge >= 0.3 is 47.9 Å². The molecule has 0 spiro atoms. The first-order valence-corrected chi connectivity index (χ1v) is 1.93. The van der Waals surface area contributed by atoms with Crippen LogP contribution in [0, 0.1) is 0 Å². The summed E-state index contributed by atoms with van der Waals surface area (Å²) >= 11 is 0.611. The molecule has 0 N–H and O–H groups in total. The Hall–Kier alpha value is 0.272. The van der Waals surface area contributed by atoms with E-state index in [-0.39, 0.29) is 23.1 Å². The molecule has 0 aliphatic carbocycles. The minimum atomic E-state index is -2.19. The molecule has 0 aromatic heterocycles. The van der Waals surface area contributed by atoms with E-state index >= 15 is 0 Å². The molecule has 0 aliphatic rings. The van der Waals surface area contributed by atoms with Crippen LogP contribution in [0.3, 0.4) is 0 Å². The van der Waals surface area contributed by atoms with Crippen molar-refractivity contribution in [1.29, 1.82) is 0 Å². The van der Waals surface area contributed by atoms with Crippen molar-refractivity contribution >= 4 is 56.7 Å². The summed E-state index contributed by atoms with van der Waals surface area (Å²) in [6, 6.07) is 0. The number of hydrogen-bond acceptors (Lipinski definition) is 5. The Balaban J connectivity index is -0.000000109. The van der Waals surface area contributed by atoms with E-state index in [9.17, 15) is 0 Å². The zero-order valence-corrected chi connectivity index (χ0v) is 7.28. The number of hydrogen-bond donors (Lipinski definition) is 0. The molecule has 0 bridgehead atoms. The van der Waals surface area contributed by atoms with E-state index < -0.39 is 11.9 Å². The second kappa shape index (κ2) is 11.1. The second-order valence-corrected chi connectivity index (χ2v) is 0.575. The molecule has 0 rings (SSSR count). The van der Waals surface area contributed by atoms with Gasteiger partial charge in [-0.1, -0.05) is 0 Å². The third-order valence-electron chi connectivity index (χ3n) is 0.167. The van der Waals surface area contributed by atoms with Crippen molar-refractivity contribution < 1.29 is 23.0 Å². The summed E-state index contributed by atoms with van der Waals surface area (Å²) < 4.78 is 8.28. The van der Waals surface area contributed by atoms with Crippen LogP contribution in [0.5, 0.6) is 0 Å². The Morgan fingerprint density at radius 1 is 1.00 bits per heavy atom. The van der Waals surface area contributed by atoms with Gasteiger partial charge in [-0.05, 0) is 0 Å². The monoisotopic (exact) mass is 152 g/mol. The maximum atomic E-state index is 8.93. The molecule has 0 aromatic carbocycles. The van der Waals surface area contributed by atoms with Gasteiger partial charge in [0, 0.05) is 0 Å². The van der Waals surface area contributed by atoms with Crippen LogP contribution >= 0.6 is 0 Å². The second-order valence-electron chi connectivity index (χ2n) is 0.575. The summed E-state index contributed by atoms with van der Waals surface area (Å²) in [6.07, 6.45) is 0. The normalized spacial score (nSPS) is 5.56. The Morgan fingerprint density at radius 2 is 1.11 bits per heavy atom. The van der Waals surface area contributed by atoms with Gasteiger partial charge < -0.3 is 19.8 Å². The molecule has 0 fully saturated rings.